The average Bonchev–Trinajstić information content (AvgIpc) is 3.40. The van der Waals surface area contributed by atoms with Crippen LogP contribution in [-0.2, 0) is 13.1 Å². The number of oxazole rings is 1. The number of carbonyl (C=O) groups is 1. The van der Waals surface area contributed by atoms with Gasteiger partial charge in [0.15, 0.2) is 5.69 Å². The van der Waals surface area contributed by atoms with Gasteiger partial charge in [0.1, 0.15) is 23.0 Å². The quantitative estimate of drug-likeness (QED) is 0.425. The molecular weight excluding hydrogens is 434 g/mol. The predicted molar refractivity (Wildman–Crippen MR) is 126 cm³/mol. The highest BCUT2D eigenvalue weighted by Gasteiger charge is 2.19. The number of benzene rings is 2. The molecule has 0 unspecified atom stereocenters. The Kier molecular flexibility index (Phi) is 6.62. The second kappa shape index (κ2) is 9.78. The lowest BCUT2D eigenvalue weighted by molar-refractivity contribution is 0.0945. The van der Waals surface area contributed by atoms with Crippen LogP contribution in [0.5, 0.6) is 11.5 Å². The molecule has 0 fully saturated rings. The van der Waals surface area contributed by atoms with Gasteiger partial charge in [-0.1, -0.05) is 22.9 Å². The largest absolute Gasteiger partial charge is 0.497 e. The van der Waals surface area contributed by atoms with Crippen molar-refractivity contribution >= 4 is 5.91 Å². The average molecular weight is 462 g/mol. The summed E-state index contributed by atoms with van der Waals surface area (Å²) >= 11 is 0. The maximum Gasteiger partial charge on any atom is 0.274 e. The third kappa shape index (κ3) is 4.78. The molecule has 0 spiro atoms. The zero-order chi connectivity index (χ0) is 24.2. The summed E-state index contributed by atoms with van der Waals surface area (Å²) in [5, 5.41) is 11.1. The number of hydrogen-bond acceptors (Lipinski definition) is 7. The van der Waals surface area contributed by atoms with Crippen molar-refractivity contribution in [3.05, 3.63) is 76.4 Å². The van der Waals surface area contributed by atoms with Crippen molar-refractivity contribution in [2.24, 2.45) is 0 Å². The summed E-state index contributed by atoms with van der Waals surface area (Å²) in [4.78, 5) is 17.4. The van der Waals surface area contributed by atoms with Crippen LogP contribution in [0.25, 0.3) is 11.5 Å². The molecule has 0 bridgehead atoms. The summed E-state index contributed by atoms with van der Waals surface area (Å²) in [6.07, 6.45) is 0. The van der Waals surface area contributed by atoms with E-state index >= 15 is 0 Å². The van der Waals surface area contributed by atoms with Crippen molar-refractivity contribution < 1.29 is 18.7 Å². The molecule has 0 aliphatic heterocycles. The lowest BCUT2D eigenvalue weighted by Crippen LogP contribution is -2.24. The Morgan fingerprint density at radius 2 is 1.82 bits per heavy atom. The van der Waals surface area contributed by atoms with Gasteiger partial charge in [0.05, 0.1) is 26.5 Å². The van der Waals surface area contributed by atoms with E-state index in [0.29, 0.717) is 35.4 Å². The van der Waals surface area contributed by atoms with Crippen molar-refractivity contribution in [2.45, 2.75) is 33.9 Å². The smallest absolute Gasteiger partial charge is 0.274 e. The molecule has 2 heterocycles. The van der Waals surface area contributed by atoms with Gasteiger partial charge < -0.3 is 19.2 Å². The minimum Gasteiger partial charge on any atom is -0.497 e. The van der Waals surface area contributed by atoms with Gasteiger partial charge in [-0.15, -0.1) is 5.10 Å². The summed E-state index contributed by atoms with van der Waals surface area (Å²) in [6, 6.07) is 13.4. The molecule has 4 aromatic rings. The zero-order valence-corrected chi connectivity index (χ0v) is 19.9. The normalized spacial score (nSPS) is 10.9. The molecular formula is C25H27N5O4. The third-order valence-corrected chi connectivity index (χ3v) is 5.62. The molecule has 9 heteroatoms. The van der Waals surface area contributed by atoms with Crippen LogP contribution >= 0.6 is 0 Å². The molecule has 0 saturated heterocycles. The van der Waals surface area contributed by atoms with E-state index in [0.717, 1.165) is 16.8 Å². The first kappa shape index (κ1) is 23.0. The molecule has 2 aromatic carbocycles. The highest BCUT2D eigenvalue weighted by atomic mass is 16.5. The standard InChI is InChI=1S/C25H27N5O4/c1-15-6-8-18(9-7-15)25-27-21(17(3)34-25)14-30-16(2)23(28-29-30)24(31)26-13-19-10-11-20(32-4)12-22(19)33-5/h6-12H,13-14H2,1-5H3,(H,26,31). The van der Waals surface area contributed by atoms with Crippen LogP contribution in [0.15, 0.2) is 46.9 Å². The minimum atomic E-state index is -0.321. The second-order valence-electron chi connectivity index (χ2n) is 7.93. The number of hydrogen-bond donors (Lipinski definition) is 1. The maximum atomic E-state index is 12.8. The Hall–Kier alpha value is -4.14. The van der Waals surface area contributed by atoms with Gasteiger partial charge in [-0.05, 0) is 45.0 Å². The van der Waals surface area contributed by atoms with Gasteiger partial charge >= 0.3 is 0 Å². The van der Waals surface area contributed by atoms with Crippen LogP contribution in [0, 0.1) is 20.8 Å². The molecule has 0 saturated carbocycles. The van der Waals surface area contributed by atoms with Gasteiger partial charge in [-0.25, -0.2) is 9.67 Å². The van der Waals surface area contributed by atoms with E-state index in [4.69, 9.17) is 13.9 Å². The Labute approximate surface area is 197 Å². The summed E-state index contributed by atoms with van der Waals surface area (Å²) in [7, 11) is 3.16. The Bertz CT molecular complexity index is 1310. The van der Waals surface area contributed by atoms with E-state index in [2.05, 4.69) is 20.6 Å². The number of nitrogens with zero attached hydrogens (tertiary/aromatic N) is 4. The number of methoxy groups -OCH3 is 2. The summed E-state index contributed by atoms with van der Waals surface area (Å²) in [5.41, 5.74) is 4.53. The molecule has 4 rings (SSSR count). The van der Waals surface area contributed by atoms with Crippen molar-refractivity contribution in [3.8, 4) is 23.0 Å². The van der Waals surface area contributed by atoms with E-state index in [1.54, 1.807) is 31.9 Å². The Balaban J connectivity index is 1.46. The molecule has 1 amide bonds. The van der Waals surface area contributed by atoms with Crippen LogP contribution < -0.4 is 14.8 Å². The van der Waals surface area contributed by atoms with E-state index in [-0.39, 0.29) is 18.1 Å². The lowest BCUT2D eigenvalue weighted by Gasteiger charge is -2.11. The fourth-order valence-electron chi connectivity index (χ4n) is 3.51. The highest BCUT2D eigenvalue weighted by Crippen LogP contribution is 2.25. The lowest BCUT2D eigenvalue weighted by atomic mass is 10.1. The van der Waals surface area contributed by atoms with Gasteiger partial charge in [-0.3, -0.25) is 4.79 Å². The van der Waals surface area contributed by atoms with Gasteiger partial charge in [0.25, 0.3) is 5.91 Å². The van der Waals surface area contributed by atoms with Crippen LogP contribution in [0.4, 0.5) is 0 Å². The number of rotatable bonds is 8. The molecule has 0 aliphatic rings. The predicted octanol–water partition coefficient (Wildman–Crippen LogP) is 3.85. The molecule has 0 atom stereocenters. The molecule has 0 aliphatic carbocycles. The van der Waals surface area contributed by atoms with Gasteiger partial charge in [-0.2, -0.15) is 0 Å². The third-order valence-electron chi connectivity index (χ3n) is 5.62. The Morgan fingerprint density at radius 3 is 2.53 bits per heavy atom. The summed E-state index contributed by atoms with van der Waals surface area (Å²) < 4.78 is 18.1. The maximum absolute atomic E-state index is 12.8. The van der Waals surface area contributed by atoms with E-state index in [1.807, 2.05) is 50.2 Å². The van der Waals surface area contributed by atoms with E-state index < -0.39 is 0 Å². The zero-order valence-electron chi connectivity index (χ0n) is 19.9. The van der Waals surface area contributed by atoms with Crippen LogP contribution in [-0.4, -0.2) is 40.1 Å². The monoisotopic (exact) mass is 461 g/mol. The summed E-state index contributed by atoms with van der Waals surface area (Å²) in [5.74, 6) is 2.24. The summed E-state index contributed by atoms with van der Waals surface area (Å²) in [6.45, 7) is 6.33. The number of aryl methyl sites for hydroxylation is 2. The van der Waals surface area contributed by atoms with Crippen molar-refractivity contribution in [1.82, 2.24) is 25.3 Å². The van der Waals surface area contributed by atoms with Crippen LogP contribution in [0.1, 0.15) is 38.8 Å². The molecule has 176 valence electrons. The molecule has 1 N–H and O–H groups in total. The second-order valence-corrected chi connectivity index (χ2v) is 7.93. The number of aromatic nitrogens is 4. The van der Waals surface area contributed by atoms with Crippen molar-refractivity contribution in [2.75, 3.05) is 14.2 Å². The first-order chi connectivity index (χ1) is 16.4. The minimum absolute atomic E-state index is 0.257. The van der Waals surface area contributed by atoms with Crippen LogP contribution in [0.2, 0.25) is 0 Å². The number of amides is 1. The highest BCUT2D eigenvalue weighted by molar-refractivity contribution is 5.93. The fourth-order valence-corrected chi connectivity index (χ4v) is 3.51. The Morgan fingerprint density at radius 1 is 1.06 bits per heavy atom. The molecule has 0 radical (unpaired) electrons. The van der Waals surface area contributed by atoms with Gasteiger partial charge in [0.2, 0.25) is 5.89 Å². The van der Waals surface area contributed by atoms with Crippen molar-refractivity contribution in [1.29, 1.82) is 0 Å². The number of ether oxygens (including phenoxy) is 2. The van der Waals surface area contributed by atoms with E-state index in [1.165, 1.54) is 5.56 Å². The first-order valence-electron chi connectivity index (χ1n) is 10.8. The topological polar surface area (TPSA) is 104 Å². The first-order valence-corrected chi connectivity index (χ1v) is 10.8. The van der Waals surface area contributed by atoms with Gasteiger partial charge in [0, 0.05) is 23.7 Å². The molecule has 2 aromatic heterocycles. The van der Waals surface area contributed by atoms with Crippen LogP contribution in [0.3, 0.4) is 0 Å². The SMILES string of the molecule is COc1ccc(CNC(=O)c2nnn(Cc3nc(-c4ccc(C)cc4)oc3C)c2C)c(OC)c1. The number of carbonyl (C=O) groups excluding carboxylic acids is 1. The fraction of sp³-hybridized carbons (Fsp3) is 0.280. The molecule has 9 nitrogen and oxygen atoms in total. The van der Waals surface area contributed by atoms with E-state index in [9.17, 15) is 4.79 Å². The molecule has 34 heavy (non-hydrogen) atoms. The number of nitrogens with one attached hydrogen (secondary N) is 1. The van der Waals surface area contributed by atoms with Crippen molar-refractivity contribution in [3.63, 3.8) is 0 Å².